The number of hydrogen-bond acceptors (Lipinski definition) is 4. The standard InChI is InChI=1S/C57H36N4/c1-4-14-37(15-5-1)41-27-28-43-36-45(31-29-42(43)34-41)56-58-55(44-30-26-38-16-10-11-19-40(38)35-44)59-57(60-56)51-32-33-52-53-48(23-13-24-49(51)53)50-25-12-22-47(39-17-6-2-7-18-39)54(50)61(52)46-20-8-3-9-21-46/h1-36H. The SMILES string of the molecule is c1ccc(-c2ccc3cc(-c4nc(-c5ccc6ccccc6c5)nc(-c5ccc6c7c(cccc57)-c5cccc(-c7ccccc7)c5N6c5ccccc5)n4)ccc3c2)cc1. The van der Waals surface area contributed by atoms with Crippen LogP contribution in [0.2, 0.25) is 0 Å². The highest BCUT2D eigenvalue weighted by molar-refractivity contribution is 6.18. The van der Waals surface area contributed by atoms with Crippen molar-refractivity contribution in [2.75, 3.05) is 4.90 Å². The Labute approximate surface area is 353 Å². The lowest BCUT2D eigenvalue weighted by Gasteiger charge is -2.35. The van der Waals surface area contributed by atoms with E-state index in [2.05, 4.69) is 223 Å². The highest BCUT2D eigenvalue weighted by atomic mass is 15.2. The van der Waals surface area contributed by atoms with E-state index in [1.807, 2.05) is 0 Å². The third-order valence-electron chi connectivity index (χ3n) is 12.0. The minimum Gasteiger partial charge on any atom is -0.309 e. The fraction of sp³-hybridized carbons (Fsp3) is 0. The van der Waals surface area contributed by atoms with Gasteiger partial charge in [-0.25, -0.2) is 15.0 Å². The number of hydrogen-bond donors (Lipinski definition) is 0. The Hall–Kier alpha value is -8.21. The van der Waals surface area contributed by atoms with Crippen molar-refractivity contribution in [3.05, 3.63) is 218 Å². The lowest BCUT2D eigenvalue weighted by molar-refractivity contribution is 1.08. The smallest absolute Gasteiger partial charge is 0.164 e. The van der Waals surface area contributed by atoms with Gasteiger partial charge in [-0.3, -0.25) is 0 Å². The maximum Gasteiger partial charge on any atom is 0.164 e. The molecule has 0 aliphatic carbocycles. The van der Waals surface area contributed by atoms with Crippen LogP contribution in [0.15, 0.2) is 218 Å². The van der Waals surface area contributed by atoms with Crippen LogP contribution in [0.25, 0.3) is 99.9 Å². The molecule has 12 rings (SSSR count). The van der Waals surface area contributed by atoms with Crippen molar-refractivity contribution in [1.29, 1.82) is 0 Å². The van der Waals surface area contributed by atoms with E-state index in [0.717, 1.165) is 55.0 Å². The third kappa shape index (κ3) is 5.96. The van der Waals surface area contributed by atoms with Crippen LogP contribution in [-0.2, 0) is 0 Å². The first-order valence-corrected chi connectivity index (χ1v) is 20.7. The fourth-order valence-corrected chi connectivity index (χ4v) is 9.09. The zero-order chi connectivity index (χ0) is 40.3. The molecule has 0 saturated carbocycles. The Bertz CT molecular complexity index is 3470. The van der Waals surface area contributed by atoms with E-state index in [-0.39, 0.29) is 0 Å². The third-order valence-corrected chi connectivity index (χ3v) is 12.0. The van der Waals surface area contributed by atoms with Crippen LogP contribution in [0, 0.1) is 0 Å². The van der Waals surface area contributed by atoms with Gasteiger partial charge < -0.3 is 4.90 Å². The largest absolute Gasteiger partial charge is 0.309 e. The zero-order valence-electron chi connectivity index (χ0n) is 33.1. The van der Waals surface area contributed by atoms with Gasteiger partial charge in [0.2, 0.25) is 0 Å². The summed E-state index contributed by atoms with van der Waals surface area (Å²) in [5.74, 6) is 1.90. The van der Waals surface area contributed by atoms with Gasteiger partial charge in [-0.2, -0.15) is 0 Å². The first-order valence-electron chi connectivity index (χ1n) is 20.7. The topological polar surface area (TPSA) is 41.9 Å². The number of benzene rings is 10. The average Bonchev–Trinajstić information content (AvgIpc) is 3.34. The molecule has 0 fully saturated rings. The van der Waals surface area contributed by atoms with Crippen LogP contribution >= 0.6 is 0 Å². The summed E-state index contributed by atoms with van der Waals surface area (Å²) in [6, 6.07) is 77.7. The van der Waals surface area contributed by atoms with Crippen molar-refractivity contribution in [2.45, 2.75) is 0 Å². The van der Waals surface area contributed by atoms with Gasteiger partial charge in [0.1, 0.15) is 0 Å². The molecule has 0 amide bonds. The molecule has 0 spiro atoms. The second-order valence-electron chi connectivity index (χ2n) is 15.6. The minimum atomic E-state index is 0.631. The van der Waals surface area contributed by atoms with Crippen molar-refractivity contribution in [2.24, 2.45) is 0 Å². The molecule has 0 radical (unpaired) electrons. The summed E-state index contributed by atoms with van der Waals surface area (Å²) in [5, 5.41) is 6.85. The van der Waals surface area contributed by atoms with Crippen LogP contribution in [0.1, 0.15) is 0 Å². The molecular weight excluding hydrogens is 741 g/mol. The molecule has 2 heterocycles. The number of fused-ring (bicyclic) bond motifs is 4. The van der Waals surface area contributed by atoms with Gasteiger partial charge in [-0.15, -0.1) is 0 Å². The van der Waals surface area contributed by atoms with Crippen molar-refractivity contribution in [3.63, 3.8) is 0 Å². The number of anilines is 3. The van der Waals surface area contributed by atoms with E-state index >= 15 is 0 Å². The summed E-state index contributed by atoms with van der Waals surface area (Å²) >= 11 is 0. The van der Waals surface area contributed by atoms with Crippen LogP contribution in [0.3, 0.4) is 0 Å². The molecule has 11 aromatic rings. The molecule has 0 unspecified atom stereocenters. The summed E-state index contributed by atoms with van der Waals surface area (Å²) in [6.45, 7) is 0. The molecule has 1 aliphatic rings. The quantitative estimate of drug-likeness (QED) is 0.169. The van der Waals surface area contributed by atoms with Crippen molar-refractivity contribution in [1.82, 2.24) is 15.0 Å². The molecule has 61 heavy (non-hydrogen) atoms. The molecule has 1 aliphatic heterocycles. The second kappa shape index (κ2) is 14.3. The monoisotopic (exact) mass is 776 g/mol. The highest BCUT2D eigenvalue weighted by Crippen LogP contribution is 2.55. The van der Waals surface area contributed by atoms with Crippen molar-refractivity contribution in [3.8, 4) is 67.5 Å². The van der Waals surface area contributed by atoms with Crippen LogP contribution < -0.4 is 4.90 Å². The van der Waals surface area contributed by atoms with Gasteiger partial charge >= 0.3 is 0 Å². The Morgan fingerprint density at radius 1 is 0.295 bits per heavy atom. The Morgan fingerprint density at radius 2 is 0.820 bits per heavy atom. The van der Waals surface area contributed by atoms with Gasteiger partial charge in [0.05, 0.1) is 11.4 Å². The minimum absolute atomic E-state index is 0.631. The molecular formula is C57H36N4. The molecule has 4 heteroatoms. The van der Waals surface area contributed by atoms with Crippen molar-refractivity contribution >= 4 is 49.4 Å². The molecule has 0 bridgehead atoms. The maximum absolute atomic E-state index is 5.33. The van der Waals surface area contributed by atoms with E-state index < -0.39 is 0 Å². The fourth-order valence-electron chi connectivity index (χ4n) is 9.09. The number of nitrogens with zero attached hydrogens (tertiary/aromatic N) is 4. The predicted molar refractivity (Wildman–Crippen MR) is 253 cm³/mol. The summed E-state index contributed by atoms with van der Waals surface area (Å²) < 4.78 is 0. The first-order chi connectivity index (χ1) is 30.2. The van der Waals surface area contributed by atoms with E-state index in [1.165, 1.54) is 44.5 Å². The molecule has 0 atom stereocenters. The second-order valence-corrected chi connectivity index (χ2v) is 15.6. The Kier molecular flexibility index (Phi) is 8.13. The van der Waals surface area contributed by atoms with Gasteiger partial charge in [0.15, 0.2) is 17.5 Å². The molecule has 1 aromatic heterocycles. The Balaban J connectivity index is 1.07. The first kappa shape index (κ1) is 34.8. The lowest BCUT2D eigenvalue weighted by atomic mass is 9.86. The van der Waals surface area contributed by atoms with Crippen LogP contribution in [-0.4, -0.2) is 15.0 Å². The highest BCUT2D eigenvalue weighted by Gasteiger charge is 2.30. The van der Waals surface area contributed by atoms with Gasteiger partial charge in [-0.05, 0) is 91.6 Å². The average molecular weight is 777 g/mol. The normalized spacial score (nSPS) is 11.9. The molecule has 4 nitrogen and oxygen atoms in total. The Morgan fingerprint density at radius 3 is 1.54 bits per heavy atom. The zero-order valence-corrected chi connectivity index (χ0v) is 33.1. The molecule has 284 valence electrons. The molecule has 0 N–H and O–H groups in total. The van der Waals surface area contributed by atoms with Gasteiger partial charge in [-0.1, -0.05) is 176 Å². The number of para-hydroxylation sites is 2. The van der Waals surface area contributed by atoms with E-state index in [9.17, 15) is 0 Å². The molecule has 0 saturated heterocycles. The lowest BCUT2D eigenvalue weighted by Crippen LogP contribution is -2.16. The maximum atomic E-state index is 5.33. The summed E-state index contributed by atoms with van der Waals surface area (Å²) in [4.78, 5) is 18.3. The summed E-state index contributed by atoms with van der Waals surface area (Å²) in [7, 11) is 0. The van der Waals surface area contributed by atoms with Crippen LogP contribution in [0.4, 0.5) is 17.1 Å². The van der Waals surface area contributed by atoms with Gasteiger partial charge in [0.25, 0.3) is 0 Å². The number of rotatable bonds is 6. The summed E-state index contributed by atoms with van der Waals surface area (Å²) in [6.07, 6.45) is 0. The summed E-state index contributed by atoms with van der Waals surface area (Å²) in [5.41, 5.74) is 13.3. The van der Waals surface area contributed by atoms with E-state index in [1.54, 1.807) is 0 Å². The van der Waals surface area contributed by atoms with Crippen LogP contribution in [0.5, 0.6) is 0 Å². The van der Waals surface area contributed by atoms with E-state index in [4.69, 9.17) is 15.0 Å². The van der Waals surface area contributed by atoms with Gasteiger partial charge in [0, 0.05) is 38.9 Å². The molecule has 10 aromatic carbocycles. The van der Waals surface area contributed by atoms with Crippen molar-refractivity contribution < 1.29 is 0 Å². The predicted octanol–water partition coefficient (Wildman–Crippen LogP) is 15.1. The number of aromatic nitrogens is 3. The van der Waals surface area contributed by atoms with E-state index in [0.29, 0.717) is 17.5 Å².